The zero-order valence-corrected chi connectivity index (χ0v) is 17.8. The maximum absolute atomic E-state index is 4.93. The van der Waals surface area contributed by atoms with Gasteiger partial charge in [0.25, 0.3) is 0 Å². The second-order valence-electron chi connectivity index (χ2n) is 8.95. The molecule has 1 aromatic heterocycles. The Morgan fingerprint density at radius 2 is 1.57 bits per heavy atom. The van der Waals surface area contributed by atoms with Crippen molar-refractivity contribution in [1.82, 2.24) is 14.9 Å². The molecule has 0 atom stereocenters. The molecule has 2 aliphatic heterocycles. The van der Waals surface area contributed by atoms with Gasteiger partial charge in [-0.1, -0.05) is 49.2 Å². The second-order valence-corrected chi connectivity index (χ2v) is 8.95. The minimum Gasteiger partial charge on any atom is -0.341 e. The van der Waals surface area contributed by atoms with E-state index < -0.39 is 0 Å². The van der Waals surface area contributed by atoms with Crippen molar-refractivity contribution < 1.29 is 0 Å². The molecule has 0 bridgehead atoms. The van der Waals surface area contributed by atoms with Gasteiger partial charge in [0, 0.05) is 31.4 Å². The van der Waals surface area contributed by atoms with E-state index in [0.29, 0.717) is 0 Å². The van der Waals surface area contributed by atoms with Gasteiger partial charge < -0.3 is 9.80 Å². The molecule has 2 aliphatic rings. The molecule has 5 rings (SSSR count). The number of likely N-dealkylation sites (tertiary alicyclic amines) is 1. The summed E-state index contributed by atoms with van der Waals surface area (Å²) in [4.78, 5) is 14.6. The van der Waals surface area contributed by atoms with Crippen LogP contribution < -0.4 is 4.90 Å². The lowest BCUT2D eigenvalue weighted by Gasteiger charge is -2.34. The summed E-state index contributed by atoms with van der Waals surface area (Å²) in [6.07, 6.45) is 10.0. The van der Waals surface area contributed by atoms with Crippen LogP contribution in [0.3, 0.4) is 0 Å². The molecule has 3 aromatic rings. The van der Waals surface area contributed by atoms with Gasteiger partial charge in [0.05, 0.1) is 5.69 Å². The SMILES string of the molecule is c1ccc2cc(-c3ccnc(N4CCC(CN5CCCCCC5)CC4)n3)ccc2c1. The van der Waals surface area contributed by atoms with E-state index >= 15 is 0 Å². The van der Waals surface area contributed by atoms with Crippen molar-refractivity contribution in [2.24, 2.45) is 5.92 Å². The van der Waals surface area contributed by atoms with E-state index in [4.69, 9.17) is 4.98 Å². The third-order valence-corrected chi connectivity index (χ3v) is 6.80. The van der Waals surface area contributed by atoms with E-state index in [-0.39, 0.29) is 0 Å². The fourth-order valence-electron chi connectivity index (χ4n) is 5.01. The summed E-state index contributed by atoms with van der Waals surface area (Å²) >= 11 is 0. The average molecular weight is 401 g/mol. The first-order valence-corrected chi connectivity index (χ1v) is 11.6. The van der Waals surface area contributed by atoms with Gasteiger partial charge >= 0.3 is 0 Å². The highest BCUT2D eigenvalue weighted by Crippen LogP contribution is 2.26. The summed E-state index contributed by atoms with van der Waals surface area (Å²) < 4.78 is 0. The average Bonchev–Trinajstić information content (AvgIpc) is 3.08. The maximum Gasteiger partial charge on any atom is 0.225 e. The largest absolute Gasteiger partial charge is 0.341 e. The van der Waals surface area contributed by atoms with Gasteiger partial charge in [-0.2, -0.15) is 0 Å². The van der Waals surface area contributed by atoms with Crippen LogP contribution in [0.1, 0.15) is 38.5 Å². The van der Waals surface area contributed by atoms with E-state index in [2.05, 4.69) is 57.2 Å². The highest BCUT2D eigenvalue weighted by atomic mass is 15.3. The Morgan fingerprint density at radius 1 is 0.800 bits per heavy atom. The smallest absolute Gasteiger partial charge is 0.225 e. The van der Waals surface area contributed by atoms with Crippen molar-refractivity contribution in [2.75, 3.05) is 37.6 Å². The number of benzene rings is 2. The zero-order chi connectivity index (χ0) is 20.2. The minimum atomic E-state index is 0.822. The summed E-state index contributed by atoms with van der Waals surface area (Å²) in [5, 5.41) is 2.52. The first-order chi connectivity index (χ1) is 14.8. The number of fused-ring (bicyclic) bond motifs is 1. The molecule has 0 saturated carbocycles. The van der Waals surface area contributed by atoms with E-state index in [1.54, 1.807) is 0 Å². The Bertz CT molecular complexity index is 969. The molecule has 4 nitrogen and oxygen atoms in total. The van der Waals surface area contributed by atoms with Crippen molar-refractivity contribution >= 4 is 16.7 Å². The first kappa shape index (κ1) is 19.5. The number of hydrogen-bond acceptors (Lipinski definition) is 4. The van der Waals surface area contributed by atoms with Gasteiger partial charge in [-0.3, -0.25) is 0 Å². The molecule has 3 heterocycles. The monoisotopic (exact) mass is 400 g/mol. The number of hydrogen-bond donors (Lipinski definition) is 0. The van der Waals surface area contributed by atoms with Gasteiger partial charge in [0.2, 0.25) is 5.95 Å². The summed E-state index contributed by atoms with van der Waals surface area (Å²) in [7, 11) is 0. The van der Waals surface area contributed by atoms with Crippen LogP contribution in [0.2, 0.25) is 0 Å². The van der Waals surface area contributed by atoms with Crippen molar-refractivity contribution in [3.05, 3.63) is 54.7 Å². The normalized spacial score (nSPS) is 19.1. The third kappa shape index (κ3) is 4.49. The second kappa shape index (κ2) is 9.13. The van der Waals surface area contributed by atoms with Crippen LogP contribution in [0.5, 0.6) is 0 Å². The quantitative estimate of drug-likeness (QED) is 0.588. The van der Waals surface area contributed by atoms with Gasteiger partial charge in [-0.25, -0.2) is 9.97 Å². The molecule has 0 radical (unpaired) electrons. The van der Waals surface area contributed by atoms with Crippen LogP contribution in [0, 0.1) is 5.92 Å². The summed E-state index contributed by atoms with van der Waals surface area (Å²) in [6.45, 7) is 6.03. The molecule has 0 amide bonds. The molecule has 2 aromatic carbocycles. The number of anilines is 1. The molecule has 0 N–H and O–H groups in total. The van der Waals surface area contributed by atoms with Crippen molar-refractivity contribution in [2.45, 2.75) is 38.5 Å². The number of piperidine rings is 1. The summed E-state index contributed by atoms with van der Waals surface area (Å²) in [5.74, 6) is 1.71. The highest BCUT2D eigenvalue weighted by molar-refractivity contribution is 5.86. The van der Waals surface area contributed by atoms with E-state index in [1.165, 1.54) is 68.9 Å². The van der Waals surface area contributed by atoms with Crippen molar-refractivity contribution in [3.63, 3.8) is 0 Å². The van der Waals surface area contributed by atoms with Crippen molar-refractivity contribution in [1.29, 1.82) is 0 Å². The van der Waals surface area contributed by atoms with Crippen LogP contribution >= 0.6 is 0 Å². The van der Waals surface area contributed by atoms with E-state index in [0.717, 1.165) is 36.2 Å². The maximum atomic E-state index is 4.93. The fraction of sp³-hybridized carbons (Fsp3) is 0.462. The standard InChI is InChI=1S/C26H32N4/c1-2-6-16-29(15-5-1)20-21-12-17-30(18-13-21)26-27-14-11-25(28-26)24-10-9-22-7-3-4-8-23(22)19-24/h3-4,7-11,14,19,21H,1-2,5-6,12-13,15-18,20H2. The Morgan fingerprint density at radius 3 is 2.37 bits per heavy atom. The molecule has 0 aliphatic carbocycles. The van der Waals surface area contributed by atoms with Crippen LogP contribution in [-0.4, -0.2) is 47.6 Å². The topological polar surface area (TPSA) is 32.3 Å². The van der Waals surface area contributed by atoms with Crippen LogP contribution in [0.4, 0.5) is 5.95 Å². The molecular weight excluding hydrogens is 368 g/mol. The molecule has 30 heavy (non-hydrogen) atoms. The minimum absolute atomic E-state index is 0.822. The molecule has 4 heteroatoms. The lowest BCUT2D eigenvalue weighted by Crippen LogP contribution is -2.39. The molecule has 2 fully saturated rings. The van der Waals surface area contributed by atoms with E-state index in [1.807, 2.05) is 12.3 Å². The fourth-order valence-corrected chi connectivity index (χ4v) is 5.01. The summed E-state index contributed by atoms with van der Waals surface area (Å²) in [6, 6.07) is 17.1. The predicted octanol–water partition coefficient (Wildman–Crippen LogP) is 5.39. The molecular formula is C26H32N4. The van der Waals surface area contributed by atoms with Crippen LogP contribution in [0.15, 0.2) is 54.7 Å². The molecule has 0 unspecified atom stereocenters. The summed E-state index contributed by atoms with van der Waals surface area (Å²) in [5.41, 5.74) is 2.17. The third-order valence-electron chi connectivity index (χ3n) is 6.80. The van der Waals surface area contributed by atoms with Gasteiger partial charge in [0.15, 0.2) is 0 Å². The Hall–Kier alpha value is -2.46. The van der Waals surface area contributed by atoms with Gasteiger partial charge in [-0.05, 0) is 67.6 Å². The van der Waals surface area contributed by atoms with Crippen LogP contribution in [0.25, 0.3) is 22.0 Å². The lowest BCUT2D eigenvalue weighted by atomic mass is 9.96. The van der Waals surface area contributed by atoms with E-state index in [9.17, 15) is 0 Å². The first-order valence-electron chi connectivity index (χ1n) is 11.6. The Kier molecular flexibility index (Phi) is 5.94. The molecule has 156 valence electrons. The number of aromatic nitrogens is 2. The number of rotatable bonds is 4. The van der Waals surface area contributed by atoms with Gasteiger partial charge in [0.1, 0.15) is 0 Å². The lowest BCUT2D eigenvalue weighted by molar-refractivity contribution is 0.217. The Balaban J connectivity index is 1.24. The zero-order valence-electron chi connectivity index (χ0n) is 17.8. The number of nitrogens with zero attached hydrogens (tertiary/aromatic N) is 4. The highest BCUT2D eigenvalue weighted by Gasteiger charge is 2.23. The van der Waals surface area contributed by atoms with Crippen LogP contribution in [-0.2, 0) is 0 Å². The molecule has 2 saturated heterocycles. The molecule has 0 spiro atoms. The van der Waals surface area contributed by atoms with Gasteiger partial charge in [-0.15, -0.1) is 0 Å². The Labute approximate surface area is 179 Å². The predicted molar refractivity (Wildman–Crippen MR) is 125 cm³/mol. The van der Waals surface area contributed by atoms with Crippen molar-refractivity contribution in [3.8, 4) is 11.3 Å².